The fraction of sp³-hybridized carbons (Fsp3) is 0.125. The fourth-order valence-corrected chi connectivity index (χ4v) is 2.44. The van der Waals surface area contributed by atoms with Crippen molar-refractivity contribution < 1.29 is 0 Å². The van der Waals surface area contributed by atoms with Gasteiger partial charge in [-0.2, -0.15) is 0 Å². The van der Waals surface area contributed by atoms with Crippen LogP contribution in [0.25, 0.3) is 0 Å². The number of rotatable bonds is 5. The number of anilines is 1. The molecule has 0 amide bonds. The maximum absolute atomic E-state index is 12.5. The monoisotopic (exact) mass is 367 g/mol. The topological polar surface area (TPSA) is 46.1 Å². The van der Waals surface area contributed by atoms with Crippen LogP contribution < -0.4 is 16.2 Å². The third kappa shape index (κ3) is 4.82. The fourth-order valence-electron chi connectivity index (χ4n) is 1.92. The summed E-state index contributed by atoms with van der Waals surface area (Å²) in [6.45, 7) is 4.51. The van der Waals surface area contributed by atoms with Crippen LogP contribution in [0.15, 0.2) is 54.0 Å². The van der Waals surface area contributed by atoms with Gasteiger partial charge in [0.2, 0.25) is 0 Å². The van der Waals surface area contributed by atoms with Crippen LogP contribution in [0.4, 0.5) is 5.69 Å². The molecule has 120 valence electrons. The number of hydrogen-bond acceptors (Lipinski definition) is 2. The van der Waals surface area contributed by atoms with E-state index in [0.717, 1.165) is 5.56 Å². The van der Waals surface area contributed by atoms with E-state index in [1.54, 1.807) is 41.1 Å². The van der Waals surface area contributed by atoms with E-state index in [9.17, 15) is 4.79 Å². The summed E-state index contributed by atoms with van der Waals surface area (Å²) < 4.78 is 1.57. The van der Waals surface area contributed by atoms with E-state index in [4.69, 9.17) is 35.4 Å². The van der Waals surface area contributed by atoms with Crippen molar-refractivity contribution >= 4 is 46.2 Å². The first-order valence-corrected chi connectivity index (χ1v) is 7.97. The van der Waals surface area contributed by atoms with Gasteiger partial charge in [0.25, 0.3) is 5.56 Å². The third-order valence-corrected chi connectivity index (χ3v) is 4.00. The summed E-state index contributed by atoms with van der Waals surface area (Å²) in [6, 6.07) is 8.73. The number of nitrogens with zero attached hydrogens (tertiary/aromatic N) is 1. The standard InChI is InChI=1S/C16H15Cl2N3OS/c1-2-7-19-16(23)20-14-4-3-8-21(15(14)22)10-11-5-6-12(17)13(18)9-11/h2-6,8-9H,1,7,10H2,(H2,19,20,23). The van der Waals surface area contributed by atoms with Crippen molar-refractivity contribution in [2.75, 3.05) is 11.9 Å². The van der Waals surface area contributed by atoms with Crippen LogP contribution in [-0.4, -0.2) is 16.2 Å². The molecule has 0 spiro atoms. The average molecular weight is 368 g/mol. The second kappa shape index (κ2) is 8.15. The average Bonchev–Trinajstić information content (AvgIpc) is 2.53. The zero-order valence-corrected chi connectivity index (χ0v) is 14.5. The Labute approximate surface area is 149 Å². The number of nitrogens with one attached hydrogen (secondary N) is 2. The van der Waals surface area contributed by atoms with Crippen LogP contribution in [0.5, 0.6) is 0 Å². The van der Waals surface area contributed by atoms with Crippen molar-refractivity contribution in [2.24, 2.45) is 0 Å². The van der Waals surface area contributed by atoms with Gasteiger partial charge in [0.1, 0.15) is 5.69 Å². The molecule has 2 aromatic rings. The molecule has 23 heavy (non-hydrogen) atoms. The lowest BCUT2D eigenvalue weighted by Gasteiger charge is -2.11. The van der Waals surface area contributed by atoms with E-state index >= 15 is 0 Å². The molecule has 7 heteroatoms. The number of halogens is 2. The lowest BCUT2D eigenvalue weighted by Crippen LogP contribution is -2.32. The highest BCUT2D eigenvalue weighted by molar-refractivity contribution is 7.80. The molecule has 1 aromatic heterocycles. The zero-order chi connectivity index (χ0) is 16.8. The van der Waals surface area contributed by atoms with Gasteiger partial charge in [-0.3, -0.25) is 4.79 Å². The quantitative estimate of drug-likeness (QED) is 0.625. The largest absolute Gasteiger partial charge is 0.359 e. The lowest BCUT2D eigenvalue weighted by atomic mass is 10.2. The third-order valence-electron chi connectivity index (χ3n) is 3.01. The molecule has 2 rings (SSSR count). The summed E-state index contributed by atoms with van der Waals surface area (Å²) in [6.07, 6.45) is 3.39. The van der Waals surface area contributed by atoms with E-state index in [2.05, 4.69) is 17.2 Å². The minimum atomic E-state index is -0.179. The number of hydrogen-bond donors (Lipinski definition) is 2. The van der Waals surface area contributed by atoms with Crippen molar-refractivity contribution in [3.05, 3.63) is 75.1 Å². The summed E-state index contributed by atoms with van der Waals surface area (Å²) in [5, 5.41) is 7.11. The summed E-state index contributed by atoms with van der Waals surface area (Å²) in [4.78, 5) is 12.5. The van der Waals surface area contributed by atoms with E-state index < -0.39 is 0 Å². The van der Waals surface area contributed by atoms with Crippen molar-refractivity contribution in [1.29, 1.82) is 0 Å². The predicted octanol–water partition coefficient (Wildman–Crippen LogP) is 3.68. The lowest BCUT2D eigenvalue weighted by molar-refractivity contribution is 0.762. The Balaban J connectivity index is 2.18. The predicted molar refractivity (Wildman–Crippen MR) is 101 cm³/mol. The number of benzene rings is 1. The Kier molecular flexibility index (Phi) is 6.21. The first kappa shape index (κ1) is 17.5. The Morgan fingerprint density at radius 3 is 2.78 bits per heavy atom. The number of pyridine rings is 1. The molecule has 0 bridgehead atoms. The van der Waals surface area contributed by atoms with Crippen LogP contribution in [0.3, 0.4) is 0 Å². The molecule has 1 heterocycles. The van der Waals surface area contributed by atoms with E-state index in [1.807, 2.05) is 6.07 Å². The van der Waals surface area contributed by atoms with Crippen molar-refractivity contribution in [3.8, 4) is 0 Å². The van der Waals surface area contributed by atoms with E-state index in [-0.39, 0.29) is 5.56 Å². The highest BCUT2D eigenvalue weighted by Crippen LogP contribution is 2.22. The molecule has 0 atom stereocenters. The Morgan fingerprint density at radius 2 is 2.09 bits per heavy atom. The van der Waals surface area contributed by atoms with Gasteiger partial charge in [-0.25, -0.2) is 0 Å². The van der Waals surface area contributed by atoms with Gasteiger partial charge in [-0.05, 0) is 42.0 Å². The van der Waals surface area contributed by atoms with Gasteiger partial charge in [-0.1, -0.05) is 35.3 Å². The van der Waals surface area contributed by atoms with Crippen molar-refractivity contribution in [1.82, 2.24) is 9.88 Å². The molecule has 0 aliphatic rings. The minimum Gasteiger partial charge on any atom is -0.359 e. The molecule has 2 N–H and O–H groups in total. The molecule has 4 nitrogen and oxygen atoms in total. The second-order valence-corrected chi connectivity index (χ2v) is 5.95. The maximum Gasteiger partial charge on any atom is 0.274 e. The number of thiocarbonyl (C=S) groups is 1. The molecule has 0 unspecified atom stereocenters. The Hall–Kier alpha value is -1.82. The van der Waals surface area contributed by atoms with Crippen molar-refractivity contribution in [3.63, 3.8) is 0 Å². The maximum atomic E-state index is 12.5. The van der Waals surface area contributed by atoms with Crippen LogP contribution >= 0.6 is 35.4 Å². The SMILES string of the molecule is C=CCNC(=S)Nc1cccn(Cc2ccc(Cl)c(Cl)c2)c1=O. The van der Waals surface area contributed by atoms with E-state index in [0.29, 0.717) is 33.9 Å². The van der Waals surface area contributed by atoms with Crippen LogP contribution in [0, 0.1) is 0 Å². The molecule has 0 aliphatic heterocycles. The molecule has 0 radical (unpaired) electrons. The van der Waals surface area contributed by atoms with Gasteiger partial charge in [0, 0.05) is 12.7 Å². The molecule has 1 aromatic carbocycles. The van der Waals surface area contributed by atoms with Crippen LogP contribution in [0.2, 0.25) is 10.0 Å². The normalized spacial score (nSPS) is 10.2. The summed E-state index contributed by atoms with van der Waals surface area (Å²) in [7, 11) is 0. The first-order chi connectivity index (χ1) is 11.0. The minimum absolute atomic E-state index is 0.179. The highest BCUT2D eigenvalue weighted by Gasteiger charge is 2.06. The zero-order valence-electron chi connectivity index (χ0n) is 12.2. The Bertz CT molecular complexity index is 789. The van der Waals surface area contributed by atoms with E-state index in [1.165, 1.54) is 0 Å². The Morgan fingerprint density at radius 1 is 1.30 bits per heavy atom. The molecule has 0 aliphatic carbocycles. The van der Waals surface area contributed by atoms with Gasteiger partial charge < -0.3 is 15.2 Å². The summed E-state index contributed by atoms with van der Waals surface area (Å²) in [5.74, 6) is 0. The molecule has 0 saturated heterocycles. The van der Waals surface area contributed by atoms with Gasteiger partial charge >= 0.3 is 0 Å². The second-order valence-electron chi connectivity index (χ2n) is 4.73. The highest BCUT2D eigenvalue weighted by atomic mass is 35.5. The molecule has 0 fully saturated rings. The summed E-state index contributed by atoms with van der Waals surface area (Å²) in [5.41, 5.74) is 1.10. The van der Waals surface area contributed by atoms with Crippen LogP contribution in [-0.2, 0) is 6.54 Å². The molecule has 0 saturated carbocycles. The van der Waals surface area contributed by atoms with Gasteiger partial charge in [-0.15, -0.1) is 6.58 Å². The number of aromatic nitrogens is 1. The summed E-state index contributed by atoms with van der Waals surface area (Å²) >= 11 is 17.0. The van der Waals surface area contributed by atoms with Crippen molar-refractivity contribution in [2.45, 2.75) is 6.54 Å². The molecular formula is C16H15Cl2N3OS. The smallest absolute Gasteiger partial charge is 0.274 e. The van der Waals surface area contributed by atoms with Gasteiger partial charge in [0.05, 0.1) is 16.6 Å². The van der Waals surface area contributed by atoms with Gasteiger partial charge in [0.15, 0.2) is 5.11 Å². The van der Waals surface area contributed by atoms with Crippen LogP contribution in [0.1, 0.15) is 5.56 Å². The molecular weight excluding hydrogens is 353 g/mol. The first-order valence-electron chi connectivity index (χ1n) is 6.80.